The predicted octanol–water partition coefficient (Wildman–Crippen LogP) is 3.49. The van der Waals surface area contributed by atoms with E-state index in [0.29, 0.717) is 11.2 Å². The number of nitrogens with zero attached hydrogens (tertiary/aromatic N) is 2. The molecular formula is C11H13BrClN3. The van der Waals surface area contributed by atoms with Crippen molar-refractivity contribution in [2.24, 2.45) is 11.8 Å². The minimum absolute atomic E-state index is 0.475. The fraction of sp³-hybridized carbons (Fsp3) is 0.636. The molecule has 2 aliphatic rings. The standard InChI is InChI=1S/C11H13BrClN3/c12-8-10(13)14-5-15-11(8)16-9(6-1-2-6)7-3-4-7/h5-7,9H,1-4H2,(H,14,15,16). The van der Waals surface area contributed by atoms with Crippen LogP contribution in [0.3, 0.4) is 0 Å². The van der Waals surface area contributed by atoms with Gasteiger partial charge in [-0.25, -0.2) is 9.97 Å². The van der Waals surface area contributed by atoms with Crippen LogP contribution in [0.1, 0.15) is 25.7 Å². The fourth-order valence-electron chi connectivity index (χ4n) is 2.14. The summed E-state index contributed by atoms with van der Waals surface area (Å²) in [7, 11) is 0. The molecule has 0 amide bonds. The van der Waals surface area contributed by atoms with Gasteiger partial charge in [0.1, 0.15) is 17.3 Å². The molecule has 1 aromatic rings. The molecule has 0 radical (unpaired) electrons. The smallest absolute Gasteiger partial charge is 0.148 e. The van der Waals surface area contributed by atoms with Gasteiger partial charge in [-0.1, -0.05) is 11.6 Å². The molecular weight excluding hydrogens is 289 g/mol. The topological polar surface area (TPSA) is 37.8 Å². The highest BCUT2D eigenvalue weighted by Gasteiger charge is 2.41. The van der Waals surface area contributed by atoms with Gasteiger partial charge >= 0.3 is 0 Å². The molecule has 3 rings (SSSR count). The highest BCUT2D eigenvalue weighted by Crippen LogP contribution is 2.46. The van der Waals surface area contributed by atoms with E-state index in [1.165, 1.54) is 32.0 Å². The molecule has 0 atom stereocenters. The van der Waals surface area contributed by atoms with E-state index >= 15 is 0 Å². The van der Waals surface area contributed by atoms with Crippen LogP contribution in [0.4, 0.5) is 5.82 Å². The zero-order valence-electron chi connectivity index (χ0n) is 8.79. The Labute approximate surface area is 108 Å². The fourth-order valence-corrected chi connectivity index (χ4v) is 2.59. The molecule has 0 aromatic carbocycles. The first-order valence-electron chi connectivity index (χ1n) is 5.68. The van der Waals surface area contributed by atoms with Crippen LogP contribution in [0.15, 0.2) is 10.8 Å². The summed E-state index contributed by atoms with van der Waals surface area (Å²) in [5, 5.41) is 4.00. The lowest BCUT2D eigenvalue weighted by Crippen LogP contribution is -2.25. The van der Waals surface area contributed by atoms with Gasteiger partial charge < -0.3 is 5.32 Å². The Morgan fingerprint density at radius 2 is 1.88 bits per heavy atom. The van der Waals surface area contributed by atoms with Crippen LogP contribution in [-0.4, -0.2) is 16.0 Å². The summed E-state index contributed by atoms with van der Waals surface area (Å²) in [6.45, 7) is 0. The second-order valence-electron chi connectivity index (χ2n) is 4.67. The second-order valence-corrected chi connectivity index (χ2v) is 5.82. The predicted molar refractivity (Wildman–Crippen MR) is 67.6 cm³/mol. The van der Waals surface area contributed by atoms with E-state index in [0.717, 1.165) is 22.1 Å². The molecule has 1 N–H and O–H groups in total. The zero-order valence-corrected chi connectivity index (χ0v) is 11.1. The van der Waals surface area contributed by atoms with E-state index in [1.54, 1.807) is 0 Å². The molecule has 1 heterocycles. The first kappa shape index (κ1) is 10.8. The van der Waals surface area contributed by atoms with Crippen LogP contribution in [0.5, 0.6) is 0 Å². The van der Waals surface area contributed by atoms with Crippen molar-refractivity contribution in [2.45, 2.75) is 31.7 Å². The number of hydrogen-bond acceptors (Lipinski definition) is 3. The average molecular weight is 303 g/mol. The van der Waals surface area contributed by atoms with E-state index < -0.39 is 0 Å². The molecule has 3 nitrogen and oxygen atoms in total. The molecule has 86 valence electrons. The van der Waals surface area contributed by atoms with Gasteiger partial charge in [-0.2, -0.15) is 0 Å². The third kappa shape index (κ3) is 2.18. The zero-order chi connectivity index (χ0) is 11.1. The van der Waals surface area contributed by atoms with E-state index in [1.807, 2.05) is 0 Å². The quantitative estimate of drug-likeness (QED) is 0.865. The number of halogens is 2. The Hall–Kier alpha value is -0.350. The molecule has 16 heavy (non-hydrogen) atoms. The molecule has 0 unspecified atom stereocenters. The second kappa shape index (κ2) is 4.15. The summed E-state index contributed by atoms with van der Waals surface area (Å²) >= 11 is 9.38. The number of hydrogen-bond donors (Lipinski definition) is 1. The van der Waals surface area contributed by atoms with Crippen molar-refractivity contribution in [3.8, 4) is 0 Å². The number of rotatable bonds is 4. The maximum atomic E-state index is 5.95. The third-order valence-corrected chi connectivity index (χ3v) is 4.58. The summed E-state index contributed by atoms with van der Waals surface area (Å²) < 4.78 is 0.781. The maximum absolute atomic E-state index is 5.95. The van der Waals surface area contributed by atoms with Crippen molar-refractivity contribution >= 4 is 33.3 Å². The van der Waals surface area contributed by atoms with Crippen LogP contribution >= 0.6 is 27.5 Å². The van der Waals surface area contributed by atoms with Gasteiger partial charge in [-0.15, -0.1) is 0 Å². The van der Waals surface area contributed by atoms with Crippen LogP contribution < -0.4 is 5.32 Å². The molecule has 0 spiro atoms. The third-order valence-electron chi connectivity index (χ3n) is 3.31. The van der Waals surface area contributed by atoms with E-state index in [-0.39, 0.29) is 0 Å². The lowest BCUT2D eigenvalue weighted by molar-refractivity contribution is 0.565. The first-order chi connectivity index (χ1) is 7.75. The van der Waals surface area contributed by atoms with Gasteiger partial charge in [0.2, 0.25) is 0 Å². The molecule has 2 aliphatic carbocycles. The Morgan fingerprint density at radius 3 is 2.44 bits per heavy atom. The summed E-state index contributed by atoms with van der Waals surface area (Å²) in [5.41, 5.74) is 0. The van der Waals surface area contributed by atoms with Gasteiger partial charge in [-0.05, 0) is 53.4 Å². The molecule has 2 fully saturated rings. The van der Waals surface area contributed by atoms with Crippen molar-refractivity contribution < 1.29 is 0 Å². The Balaban J connectivity index is 1.78. The monoisotopic (exact) mass is 301 g/mol. The van der Waals surface area contributed by atoms with Crippen LogP contribution in [0, 0.1) is 11.8 Å². The minimum atomic E-state index is 0.475. The molecule has 1 aromatic heterocycles. The van der Waals surface area contributed by atoms with Gasteiger partial charge in [-0.3, -0.25) is 0 Å². The highest BCUT2D eigenvalue weighted by molar-refractivity contribution is 9.10. The normalized spacial score (nSPS) is 20.2. The molecule has 5 heteroatoms. The Bertz CT molecular complexity index is 392. The summed E-state index contributed by atoms with van der Waals surface area (Å²) in [4.78, 5) is 8.18. The first-order valence-corrected chi connectivity index (χ1v) is 6.85. The largest absolute Gasteiger partial charge is 0.366 e. The minimum Gasteiger partial charge on any atom is -0.366 e. The lowest BCUT2D eigenvalue weighted by atomic mass is 10.1. The maximum Gasteiger partial charge on any atom is 0.148 e. The van der Waals surface area contributed by atoms with E-state index in [2.05, 4.69) is 31.2 Å². The summed E-state index contributed by atoms with van der Waals surface area (Å²) in [6, 6.07) is 0.585. The van der Waals surface area contributed by atoms with Gasteiger partial charge in [0.25, 0.3) is 0 Å². The van der Waals surface area contributed by atoms with E-state index in [9.17, 15) is 0 Å². The average Bonchev–Trinajstić information content (AvgIpc) is 3.15. The molecule has 2 saturated carbocycles. The van der Waals surface area contributed by atoms with Crippen molar-refractivity contribution in [2.75, 3.05) is 5.32 Å². The number of anilines is 1. The van der Waals surface area contributed by atoms with Gasteiger partial charge in [0.05, 0.1) is 4.47 Å². The molecule has 0 bridgehead atoms. The van der Waals surface area contributed by atoms with E-state index in [4.69, 9.17) is 11.6 Å². The SMILES string of the molecule is Clc1ncnc(NC(C2CC2)C2CC2)c1Br. The number of aromatic nitrogens is 2. The van der Waals surface area contributed by atoms with Gasteiger partial charge in [0.15, 0.2) is 0 Å². The van der Waals surface area contributed by atoms with Crippen molar-refractivity contribution in [1.82, 2.24) is 9.97 Å². The van der Waals surface area contributed by atoms with Gasteiger partial charge in [0, 0.05) is 6.04 Å². The summed E-state index contributed by atoms with van der Waals surface area (Å²) in [6.07, 6.45) is 6.91. The highest BCUT2D eigenvalue weighted by atomic mass is 79.9. The van der Waals surface area contributed by atoms with Crippen LogP contribution in [0.25, 0.3) is 0 Å². The molecule has 0 aliphatic heterocycles. The van der Waals surface area contributed by atoms with Crippen molar-refractivity contribution in [1.29, 1.82) is 0 Å². The van der Waals surface area contributed by atoms with Crippen molar-refractivity contribution in [3.05, 3.63) is 16.0 Å². The lowest BCUT2D eigenvalue weighted by Gasteiger charge is -2.19. The summed E-state index contributed by atoms with van der Waals surface area (Å²) in [5.74, 6) is 2.52. The van der Waals surface area contributed by atoms with Crippen molar-refractivity contribution in [3.63, 3.8) is 0 Å². The molecule has 0 saturated heterocycles. The van der Waals surface area contributed by atoms with Crippen LogP contribution in [-0.2, 0) is 0 Å². The Kier molecular flexibility index (Phi) is 2.80. The number of nitrogens with one attached hydrogen (secondary N) is 1. The Morgan fingerprint density at radius 1 is 1.25 bits per heavy atom. The van der Waals surface area contributed by atoms with Crippen LogP contribution in [0.2, 0.25) is 5.15 Å².